The summed E-state index contributed by atoms with van der Waals surface area (Å²) >= 11 is 5.69. The van der Waals surface area contributed by atoms with Crippen LogP contribution in [0.4, 0.5) is 5.69 Å². The third kappa shape index (κ3) is 4.84. The number of halogens is 1. The number of hydrogen-bond acceptors (Lipinski definition) is 2. The third-order valence-electron chi connectivity index (χ3n) is 2.94. The molecule has 0 saturated carbocycles. The van der Waals surface area contributed by atoms with E-state index in [2.05, 4.69) is 13.8 Å². The highest BCUT2D eigenvalue weighted by molar-refractivity contribution is 6.29. The van der Waals surface area contributed by atoms with Crippen LogP contribution in [0.1, 0.15) is 32.3 Å². The van der Waals surface area contributed by atoms with Crippen molar-refractivity contribution in [1.82, 2.24) is 0 Å². The molecule has 4 heteroatoms. The van der Waals surface area contributed by atoms with Gasteiger partial charge in [0.05, 0.1) is 0 Å². The molecule has 0 spiro atoms. The Balaban J connectivity index is 2.81. The SMILES string of the molecule is CCCCOCN(C(=O)CCl)c1ccccc1CC. The molecule has 0 fully saturated rings. The highest BCUT2D eigenvalue weighted by atomic mass is 35.5. The first-order chi connectivity index (χ1) is 9.24. The van der Waals surface area contributed by atoms with E-state index >= 15 is 0 Å². The van der Waals surface area contributed by atoms with E-state index < -0.39 is 0 Å². The minimum atomic E-state index is -0.126. The van der Waals surface area contributed by atoms with Gasteiger partial charge in [-0.25, -0.2) is 0 Å². The van der Waals surface area contributed by atoms with Gasteiger partial charge in [-0.3, -0.25) is 9.69 Å². The van der Waals surface area contributed by atoms with Crippen molar-refractivity contribution in [3.8, 4) is 0 Å². The summed E-state index contributed by atoms with van der Waals surface area (Å²) in [6, 6.07) is 7.86. The number of ether oxygens (including phenoxy) is 1. The van der Waals surface area contributed by atoms with E-state index in [0.717, 1.165) is 30.5 Å². The van der Waals surface area contributed by atoms with Crippen LogP contribution in [0.25, 0.3) is 0 Å². The summed E-state index contributed by atoms with van der Waals surface area (Å²) in [5.74, 6) is -0.158. The van der Waals surface area contributed by atoms with Crippen LogP contribution in [0.5, 0.6) is 0 Å². The quantitative estimate of drug-likeness (QED) is 0.414. The number of benzene rings is 1. The molecule has 0 atom stereocenters. The average molecular weight is 284 g/mol. The number of amides is 1. The van der Waals surface area contributed by atoms with Gasteiger partial charge in [0, 0.05) is 12.3 Å². The number of rotatable bonds is 8. The van der Waals surface area contributed by atoms with Crippen molar-refractivity contribution in [3.05, 3.63) is 29.8 Å². The lowest BCUT2D eigenvalue weighted by Crippen LogP contribution is -2.35. The largest absolute Gasteiger partial charge is 0.361 e. The molecule has 0 aliphatic heterocycles. The molecule has 1 amide bonds. The minimum absolute atomic E-state index is 0.0326. The highest BCUT2D eigenvalue weighted by Crippen LogP contribution is 2.21. The third-order valence-corrected chi connectivity index (χ3v) is 3.17. The van der Waals surface area contributed by atoms with E-state index in [-0.39, 0.29) is 18.5 Å². The molecule has 0 aromatic heterocycles. The number of nitrogens with zero attached hydrogens (tertiary/aromatic N) is 1. The summed E-state index contributed by atoms with van der Waals surface area (Å²) < 4.78 is 5.56. The smallest absolute Gasteiger partial charge is 0.243 e. The Labute approximate surface area is 120 Å². The predicted molar refractivity (Wildman–Crippen MR) is 79.8 cm³/mol. The van der Waals surface area contributed by atoms with Gasteiger partial charge in [0.2, 0.25) is 5.91 Å². The molecule has 0 saturated heterocycles. The molecule has 1 rings (SSSR count). The first-order valence-corrected chi connectivity index (χ1v) is 7.30. The fourth-order valence-electron chi connectivity index (χ4n) is 1.82. The van der Waals surface area contributed by atoms with Crippen LogP contribution in [-0.4, -0.2) is 25.1 Å². The maximum atomic E-state index is 12.0. The molecule has 19 heavy (non-hydrogen) atoms. The molecule has 0 bridgehead atoms. The maximum Gasteiger partial charge on any atom is 0.243 e. The van der Waals surface area contributed by atoms with Crippen molar-refractivity contribution in [2.24, 2.45) is 0 Å². The van der Waals surface area contributed by atoms with E-state index in [1.165, 1.54) is 0 Å². The topological polar surface area (TPSA) is 29.5 Å². The predicted octanol–water partition coefficient (Wildman–Crippen LogP) is 3.60. The fraction of sp³-hybridized carbons (Fsp3) is 0.533. The molecule has 0 aliphatic rings. The van der Waals surface area contributed by atoms with E-state index in [4.69, 9.17) is 16.3 Å². The van der Waals surface area contributed by atoms with Crippen molar-refractivity contribution in [2.45, 2.75) is 33.1 Å². The van der Waals surface area contributed by atoms with Gasteiger partial charge in [-0.2, -0.15) is 0 Å². The summed E-state index contributed by atoms with van der Waals surface area (Å²) in [5.41, 5.74) is 2.02. The van der Waals surface area contributed by atoms with Crippen molar-refractivity contribution < 1.29 is 9.53 Å². The Kier molecular flexibility index (Phi) is 7.53. The second kappa shape index (κ2) is 8.94. The summed E-state index contributed by atoms with van der Waals surface area (Å²) in [4.78, 5) is 13.6. The van der Waals surface area contributed by atoms with Crippen molar-refractivity contribution >= 4 is 23.2 Å². The van der Waals surface area contributed by atoms with Gasteiger partial charge >= 0.3 is 0 Å². The van der Waals surface area contributed by atoms with Crippen molar-refractivity contribution in [2.75, 3.05) is 24.1 Å². The van der Waals surface area contributed by atoms with Crippen LogP contribution in [-0.2, 0) is 16.0 Å². The standard InChI is InChI=1S/C15H22ClNO2/c1-3-5-10-19-12-17(15(18)11-16)14-9-7-6-8-13(14)4-2/h6-9H,3-5,10-12H2,1-2H3. The number of anilines is 1. The van der Waals surface area contributed by atoms with Gasteiger partial charge in [-0.05, 0) is 24.5 Å². The summed E-state index contributed by atoms with van der Waals surface area (Å²) in [7, 11) is 0. The Hall–Kier alpha value is -1.06. The van der Waals surface area contributed by atoms with E-state index in [1.54, 1.807) is 4.90 Å². The molecule has 3 nitrogen and oxygen atoms in total. The lowest BCUT2D eigenvalue weighted by Gasteiger charge is -2.24. The second-order valence-electron chi connectivity index (χ2n) is 4.33. The zero-order valence-corrected chi connectivity index (χ0v) is 12.4. The number of carbonyl (C=O) groups excluding carboxylic acids is 1. The molecule has 1 aromatic rings. The minimum Gasteiger partial charge on any atom is -0.361 e. The summed E-state index contributed by atoms with van der Waals surface area (Å²) in [6.45, 7) is 5.11. The first-order valence-electron chi connectivity index (χ1n) is 6.76. The molecule has 0 N–H and O–H groups in total. The number of alkyl halides is 1. The van der Waals surface area contributed by atoms with Gasteiger partial charge in [0.15, 0.2) is 0 Å². The van der Waals surface area contributed by atoms with E-state index in [1.807, 2.05) is 24.3 Å². The zero-order chi connectivity index (χ0) is 14.1. The van der Waals surface area contributed by atoms with Crippen LogP contribution >= 0.6 is 11.6 Å². The van der Waals surface area contributed by atoms with Gasteiger partial charge < -0.3 is 4.74 Å². The van der Waals surface area contributed by atoms with Gasteiger partial charge in [0.25, 0.3) is 0 Å². The monoisotopic (exact) mass is 283 g/mol. The molecule has 0 heterocycles. The van der Waals surface area contributed by atoms with E-state index in [0.29, 0.717) is 6.61 Å². The Morgan fingerprint density at radius 3 is 2.68 bits per heavy atom. The van der Waals surface area contributed by atoms with Crippen LogP contribution in [0, 0.1) is 0 Å². The molecule has 0 aliphatic carbocycles. The van der Waals surface area contributed by atoms with Gasteiger partial charge in [-0.1, -0.05) is 38.5 Å². The number of aryl methyl sites for hydroxylation is 1. The van der Waals surface area contributed by atoms with Crippen molar-refractivity contribution in [3.63, 3.8) is 0 Å². The highest BCUT2D eigenvalue weighted by Gasteiger charge is 2.17. The first kappa shape index (κ1) is 16.0. The van der Waals surface area contributed by atoms with Crippen LogP contribution < -0.4 is 4.90 Å². The number of hydrogen-bond donors (Lipinski definition) is 0. The van der Waals surface area contributed by atoms with Gasteiger partial charge in [0.1, 0.15) is 12.6 Å². The molecule has 106 valence electrons. The van der Waals surface area contributed by atoms with Crippen LogP contribution in [0.15, 0.2) is 24.3 Å². The zero-order valence-electron chi connectivity index (χ0n) is 11.7. The molecule has 1 aromatic carbocycles. The Morgan fingerprint density at radius 1 is 1.32 bits per heavy atom. The Bertz CT molecular complexity index is 395. The van der Waals surface area contributed by atoms with Crippen LogP contribution in [0.3, 0.4) is 0 Å². The lowest BCUT2D eigenvalue weighted by atomic mass is 10.1. The molecular formula is C15H22ClNO2. The molecule has 0 unspecified atom stereocenters. The second-order valence-corrected chi connectivity index (χ2v) is 4.60. The van der Waals surface area contributed by atoms with Gasteiger partial charge in [-0.15, -0.1) is 11.6 Å². The Morgan fingerprint density at radius 2 is 2.05 bits per heavy atom. The molecular weight excluding hydrogens is 262 g/mol. The maximum absolute atomic E-state index is 12.0. The van der Waals surface area contributed by atoms with Crippen molar-refractivity contribution in [1.29, 1.82) is 0 Å². The summed E-state index contributed by atoms with van der Waals surface area (Å²) in [6.07, 6.45) is 2.95. The fourth-order valence-corrected chi connectivity index (χ4v) is 1.97. The number of para-hydroxylation sites is 1. The van der Waals surface area contributed by atoms with E-state index in [9.17, 15) is 4.79 Å². The van der Waals surface area contributed by atoms with Crippen LogP contribution in [0.2, 0.25) is 0 Å². The summed E-state index contributed by atoms with van der Waals surface area (Å²) in [5, 5.41) is 0. The molecule has 0 radical (unpaired) electrons. The average Bonchev–Trinajstić information content (AvgIpc) is 2.46. The number of unbranched alkanes of at least 4 members (excludes halogenated alkanes) is 1. The lowest BCUT2D eigenvalue weighted by molar-refractivity contribution is -0.117. The normalized spacial score (nSPS) is 10.5. The number of carbonyl (C=O) groups is 1.